The Bertz CT molecular complexity index is 493. The van der Waals surface area contributed by atoms with Crippen LogP contribution in [0.1, 0.15) is 29.7 Å². The number of carbonyl (C=O) groups excluding carboxylic acids is 1. The lowest BCUT2D eigenvalue weighted by Crippen LogP contribution is -2.39. The van der Waals surface area contributed by atoms with Crippen molar-refractivity contribution < 1.29 is 4.79 Å². The summed E-state index contributed by atoms with van der Waals surface area (Å²) in [6.07, 6.45) is 4.36. The van der Waals surface area contributed by atoms with Gasteiger partial charge in [-0.3, -0.25) is 9.59 Å². The van der Waals surface area contributed by atoms with Crippen LogP contribution in [-0.4, -0.2) is 16.9 Å². The molecule has 0 aromatic carbocycles. The number of nitrogens with one attached hydrogen (secondary N) is 1. The van der Waals surface area contributed by atoms with Crippen molar-refractivity contribution in [1.82, 2.24) is 4.98 Å². The van der Waals surface area contributed by atoms with E-state index in [0.29, 0.717) is 5.56 Å². The van der Waals surface area contributed by atoms with E-state index in [1.165, 1.54) is 5.56 Å². The van der Waals surface area contributed by atoms with E-state index in [2.05, 4.69) is 4.98 Å². The summed E-state index contributed by atoms with van der Waals surface area (Å²) in [5.74, 6) is -0.581. The number of amides is 1. The van der Waals surface area contributed by atoms with Gasteiger partial charge < -0.3 is 16.5 Å². The van der Waals surface area contributed by atoms with Gasteiger partial charge in [0.05, 0.1) is 6.04 Å². The molecule has 1 aromatic heterocycles. The van der Waals surface area contributed by atoms with Gasteiger partial charge in [0.25, 0.3) is 5.56 Å². The first-order chi connectivity index (χ1) is 8.08. The molecule has 1 aromatic rings. The fourth-order valence-electron chi connectivity index (χ4n) is 2.21. The van der Waals surface area contributed by atoms with E-state index in [1.807, 2.05) is 6.07 Å². The number of hydrogen-bond acceptors (Lipinski definition) is 3. The molecule has 1 amide bonds. The predicted octanol–water partition coefficient (Wildman–Crippen LogP) is -0.391. The summed E-state index contributed by atoms with van der Waals surface area (Å²) in [5.41, 5.74) is 13.3. The van der Waals surface area contributed by atoms with Gasteiger partial charge in [-0.05, 0) is 37.3 Å². The molecule has 1 aliphatic carbocycles. The minimum absolute atomic E-state index is 0.151. The second-order valence-electron chi connectivity index (χ2n) is 4.55. The summed E-state index contributed by atoms with van der Waals surface area (Å²) in [4.78, 5) is 25.6. The van der Waals surface area contributed by atoms with Gasteiger partial charge in [0.1, 0.15) is 0 Å². The molecule has 5 heteroatoms. The third-order valence-electron chi connectivity index (χ3n) is 3.22. The monoisotopic (exact) mass is 235 g/mol. The minimum Gasteiger partial charge on any atom is -0.368 e. The van der Waals surface area contributed by atoms with Crippen LogP contribution in [0.15, 0.2) is 10.9 Å². The van der Waals surface area contributed by atoms with Crippen LogP contribution >= 0.6 is 0 Å². The van der Waals surface area contributed by atoms with E-state index >= 15 is 0 Å². The maximum atomic E-state index is 11.8. The third kappa shape index (κ3) is 2.55. The Balaban J connectivity index is 2.29. The first kappa shape index (κ1) is 11.9. The minimum atomic E-state index is -0.794. The summed E-state index contributed by atoms with van der Waals surface area (Å²) in [7, 11) is 0. The lowest BCUT2D eigenvalue weighted by Gasteiger charge is -2.16. The van der Waals surface area contributed by atoms with Crippen LogP contribution in [0.3, 0.4) is 0 Å². The van der Waals surface area contributed by atoms with Crippen LogP contribution in [0.25, 0.3) is 0 Å². The molecule has 1 aliphatic rings. The molecule has 0 saturated heterocycles. The molecule has 2 rings (SSSR count). The topological polar surface area (TPSA) is 102 Å². The van der Waals surface area contributed by atoms with Gasteiger partial charge in [-0.1, -0.05) is 0 Å². The van der Waals surface area contributed by atoms with Gasteiger partial charge >= 0.3 is 0 Å². The molecule has 1 atom stereocenters. The number of aryl methyl sites for hydroxylation is 2. The lowest BCUT2D eigenvalue weighted by molar-refractivity contribution is -0.119. The molecule has 0 aliphatic heterocycles. The van der Waals surface area contributed by atoms with Gasteiger partial charge in [-0.25, -0.2) is 0 Å². The molecule has 5 N–H and O–H groups in total. The number of primary amides is 1. The molecule has 0 spiro atoms. The van der Waals surface area contributed by atoms with E-state index in [0.717, 1.165) is 31.4 Å². The maximum absolute atomic E-state index is 11.8. The number of rotatable bonds is 3. The molecule has 0 radical (unpaired) electrons. The highest BCUT2D eigenvalue weighted by molar-refractivity contribution is 5.79. The standard InChI is InChI=1S/C12H17N3O2/c13-9(11(14)16)6-8-5-7-3-1-2-4-10(7)15-12(8)17/h5,9H,1-4,6,13H2,(H2,14,16)(H,15,17). The Morgan fingerprint density at radius 3 is 2.82 bits per heavy atom. The van der Waals surface area contributed by atoms with E-state index in [4.69, 9.17) is 11.5 Å². The van der Waals surface area contributed by atoms with Crippen molar-refractivity contribution >= 4 is 5.91 Å². The number of hydrogen-bond donors (Lipinski definition) is 3. The highest BCUT2D eigenvalue weighted by Crippen LogP contribution is 2.18. The molecule has 1 unspecified atom stereocenters. The number of aromatic amines is 1. The summed E-state index contributed by atoms with van der Waals surface area (Å²) in [5, 5.41) is 0. The highest BCUT2D eigenvalue weighted by atomic mass is 16.1. The van der Waals surface area contributed by atoms with Crippen molar-refractivity contribution in [2.24, 2.45) is 11.5 Å². The molecule has 5 nitrogen and oxygen atoms in total. The zero-order valence-corrected chi connectivity index (χ0v) is 9.66. The number of carbonyl (C=O) groups is 1. The van der Waals surface area contributed by atoms with Crippen molar-refractivity contribution in [3.05, 3.63) is 33.2 Å². The average molecular weight is 235 g/mol. The third-order valence-corrected chi connectivity index (χ3v) is 3.22. The zero-order valence-electron chi connectivity index (χ0n) is 9.66. The summed E-state index contributed by atoms with van der Waals surface area (Å²) in [6.45, 7) is 0. The van der Waals surface area contributed by atoms with Crippen LogP contribution in [0, 0.1) is 0 Å². The molecular formula is C12H17N3O2. The van der Waals surface area contributed by atoms with Crippen LogP contribution < -0.4 is 17.0 Å². The largest absolute Gasteiger partial charge is 0.368 e. The fourth-order valence-corrected chi connectivity index (χ4v) is 2.21. The van der Waals surface area contributed by atoms with Crippen LogP contribution in [0.2, 0.25) is 0 Å². The Hall–Kier alpha value is -1.62. The Kier molecular flexibility index (Phi) is 3.28. The van der Waals surface area contributed by atoms with Gasteiger partial charge in [-0.15, -0.1) is 0 Å². The van der Waals surface area contributed by atoms with E-state index in [-0.39, 0.29) is 12.0 Å². The molecular weight excluding hydrogens is 218 g/mol. The van der Waals surface area contributed by atoms with Crippen LogP contribution in [0.4, 0.5) is 0 Å². The van der Waals surface area contributed by atoms with Crippen LogP contribution in [-0.2, 0) is 24.1 Å². The first-order valence-corrected chi connectivity index (χ1v) is 5.87. The van der Waals surface area contributed by atoms with E-state index in [9.17, 15) is 9.59 Å². The molecule has 0 fully saturated rings. The maximum Gasteiger partial charge on any atom is 0.251 e. The number of fused-ring (bicyclic) bond motifs is 1. The van der Waals surface area contributed by atoms with Crippen molar-refractivity contribution in [3.8, 4) is 0 Å². The molecule has 17 heavy (non-hydrogen) atoms. The summed E-state index contributed by atoms with van der Waals surface area (Å²) >= 11 is 0. The van der Waals surface area contributed by atoms with Crippen LogP contribution in [0.5, 0.6) is 0 Å². The molecule has 0 bridgehead atoms. The van der Waals surface area contributed by atoms with Crippen molar-refractivity contribution in [1.29, 1.82) is 0 Å². The second kappa shape index (κ2) is 4.71. The predicted molar refractivity (Wildman–Crippen MR) is 64.6 cm³/mol. The first-order valence-electron chi connectivity index (χ1n) is 5.87. The van der Waals surface area contributed by atoms with E-state index in [1.54, 1.807) is 0 Å². The number of aromatic nitrogens is 1. The Morgan fingerprint density at radius 1 is 1.41 bits per heavy atom. The lowest BCUT2D eigenvalue weighted by atomic mass is 9.94. The van der Waals surface area contributed by atoms with Crippen molar-refractivity contribution in [2.45, 2.75) is 38.1 Å². The normalized spacial score (nSPS) is 16.3. The highest BCUT2D eigenvalue weighted by Gasteiger charge is 2.16. The van der Waals surface area contributed by atoms with E-state index < -0.39 is 11.9 Å². The van der Waals surface area contributed by atoms with Gasteiger partial charge in [-0.2, -0.15) is 0 Å². The van der Waals surface area contributed by atoms with Gasteiger partial charge in [0.2, 0.25) is 5.91 Å². The van der Waals surface area contributed by atoms with Gasteiger partial charge in [0, 0.05) is 17.7 Å². The summed E-state index contributed by atoms with van der Waals surface area (Å²) in [6, 6.07) is 1.08. The van der Waals surface area contributed by atoms with Gasteiger partial charge in [0.15, 0.2) is 0 Å². The SMILES string of the molecule is NC(=O)C(N)Cc1cc2c([nH]c1=O)CCCC2. The molecule has 1 heterocycles. The number of H-pyrrole nitrogens is 1. The second-order valence-corrected chi connectivity index (χ2v) is 4.55. The molecule has 92 valence electrons. The number of pyridine rings is 1. The smallest absolute Gasteiger partial charge is 0.251 e. The van der Waals surface area contributed by atoms with Crippen molar-refractivity contribution in [3.63, 3.8) is 0 Å². The fraction of sp³-hybridized carbons (Fsp3) is 0.500. The summed E-state index contributed by atoms with van der Waals surface area (Å²) < 4.78 is 0. The molecule has 0 saturated carbocycles. The average Bonchev–Trinajstić information content (AvgIpc) is 2.29. The zero-order chi connectivity index (χ0) is 12.4. The quantitative estimate of drug-likeness (QED) is 0.664. The number of nitrogens with two attached hydrogens (primary N) is 2. The Morgan fingerprint density at radius 2 is 2.12 bits per heavy atom. The van der Waals surface area contributed by atoms with Crippen molar-refractivity contribution in [2.75, 3.05) is 0 Å². The Labute approximate surface area is 99.2 Å².